The van der Waals surface area contributed by atoms with Crippen LogP contribution in [0.5, 0.6) is 0 Å². The number of carbonyl (C=O) groups excluding carboxylic acids is 1. The van der Waals surface area contributed by atoms with Gasteiger partial charge in [-0.1, -0.05) is 44.8 Å². The molecule has 0 aliphatic heterocycles. The zero-order valence-electron chi connectivity index (χ0n) is 16.1. The Morgan fingerprint density at radius 3 is 2.43 bits per heavy atom. The van der Waals surface area contributed by atoms with Crippen LogP contribution < -0.4 is 10.6 Å². The minimum atomic E-state index is -4.88. The summed E-state index contributed by atoms with van der Waals surface area (Å²) in [6.07, 6.45) is -3.01. The summed E-state index contributed by atoms with van der Waals surface area (Å²) in [5.74, 6) is -0.0366. The molecule has 2 atom stereocenters. The van der Waals surface area contributed by atoms with Crippen LogP contribution >= 0.6 is 31.9 Å². The molecule has 0 radical (unpaired) electrons. The van der Waals surface area contributed by atoms with Gasteiger partial charge >= 0.3 is 6.18 Å². The molecule has 2 aromatic carbocycles. The monoisotopic (exact) mass is 548 g/mol. The van der Waals surface area contributed by atoms with Crippen LogP contribution in [-0.4, -0.2) is 23.7 Å². The molecule has 4 nitrogen and oxygen atoms in total. The van der Waals surface area contributed by atoms with Crippen molar-refractivity contribution >= 4 is 43.5 Å². The van der Waals surface area contributed by atoms with Crippen LogP contribution in [0.4, 0.5) is 18.9 Å². The Kier molecular flexibility index (Phi) is 6.84. The van der Waals surface area contributed by atoms with E-state index in [-0.39, 0.29) is 17.5 Å². The predicted octanol–water partition coefficient (Wildman–Crippen LogP) is 5.59. The summed E-state index contributed by atoms with van der Waals surface area (Å²) < 4.78 is 42.3. The van der Waals surface area contributed by atoms with E-state index >= 15 is 0 Å². The van der Waals surface area contributed by atoms with E-state index < -0.39 is 18.3 Å². The van der Waals surface area contributed by atoms with Crippen LogP contribution in [0.3, 0.4) is 0 Å². The van der Waals surface area contributed by atoms with Gasteiger partial charge < -0.3 is 15.7 Å². The van der Waals surface area contributed by atoms with E-state index in [1.807, 2.05) is 6.07 Å². The van der Waals surface area contributed by atoms with Gasteiger partial charge in [0.15, 0.2) is 0 Å². The third kappa shape index (κ3) is 4.84. The van der Waals surface area contributed by atoms with Gasteiger partial charge in [-0.3, -0.25) is 4.79 Å². The SMILES string of the molecule is CCC(=O)N[C@H]1CCc2cc(NC[C@@](O)(c3cc(Br)cc(Br)c3)C(F)(F)F)ccc21. The lowest BCUT2D eigenvalue weighted by molar-refractivity contribution is -0.260. The molecule has 0 unspecified atom stereocenters. The molecule has 3 rings (SSSR count). The molecule has 30 heavy (non-hydrogen) atoms. The van der Waals surface area contributed by atoms with Gasteiger partial charge in [-0.15, -0.1) is 0 Å². The molecule has 2 aromatic rings. The van der Waals surface area contributed by atoms with Crippen molar-refractivity contribution in [2.75, 3.05) is 11.9 Å². The van der Waals surface area contributed by atoms with E-state index in [0.29, 0.717) is 21.1 Å². The topological polar surface area (TPSA) is 61.4 Å². The second-order valence-electron chi connectivity index (χ2n) is 7.30. The van der Waals surface area contributed by atoms with Gasteiger partial charge in [-0.25, -0.2) is 0 Å². The molecular weight excluding hydrogens is 529 g/mol. The number of nitrogens with one attached hydrogen (secondary N) is 2. The average molecular weight is 550 g/mol. The fourth-order valence-electron chi connectivity index (χ4n) is 3.56. The maximum atomic E-state index is 13.8. The highest BCUT2D eigenvalue weighted by molar-refractivity contribution is 9.11. The molecule has 0 saturated carbocycles. The van der Waals surface area contributed by atoms with Crippen molar-refractivity contribution in [3.63, 3.8) is 0 Å². The van der Waals surface area contributed by atoms with Crippen molar-refractivity contribution in [1.82, 2.24) is 5.32 Å². The van der Waals surface area contributed by atoms with Gasteiger partial charge in [0, 0.05) is 21.1 Å². The van der Waals surface area contributed by atoms with E-state index in [1.54, 1.807) is 25.1 Å². The first kappa shape index (κ1) is 23.1. The summed E-state index contributed by atoms with van der Waals surface area (Å²) in [6.45, 7) is 1.04. The van der Waals surface area contributed by atoms with Gasteiger partial charge in [0.2, 0.25) is 11.5 Å². The number of aliphatic hydroxyl groups is 1. The molecule has 0 heterocycles. The Morgan fingerprint density at radius 1 is 1.17 bits per heavy atom. The predicted molar refractivity (Wildman–Crippen MR) is 116 cm³/mol. The summed E-state index contributed by atoms with van der Waals surface area (Å²) in [5, 5.41) is 16.3. The molecule has 0 aromatic heterocycles. The first-order chi connectivity index (χ1) is 14.0. The number of hydrogen-bond donors (Lipinski definition) is 3. The van der Waals surface area contributed by atoms with Crippen LogP contribution in [0, 0.1) is 0 Å². The fourth-order valence-corrected chi connectivity index (χ4v) is 4.86. The van der Waals surface area contributed by atoms with Crippen LogP contribution in [0.15, 0.2) is 45.3 Å². The Hall–Kier alpha value is -1.58. The zero-order chi connectivity index (χ0) is 22.1. The number of hydrogen-bond acceptors (Lipinski definition) is 3. The highest BCUT2D eigenvalue weighted by atomic mass is 79.9. The number of anilines is 1. The minimum absolute atomic E-state index is 0.0366. The zero-order valence-corrected chi connectivity index (χ0v) is 19.3. The summed E-state index contributed by atoms with van der Waals surface area (Å²) >= 11 is 6.34. The number of halogens is 5. The van der Waals surface area contributed by atoms with Gasteiger partial charge in [-0.2, -0.15) is 13.2 Å². The van der Waals surface area contributed by atoms with Gasteiger partial charge in [0.05, 0.1) is 12.6 Å². The number of alkyl halides is 3. The standard InChI is InChI=1S/C21H21Br2F3N2O2/c1-2-19(29)28-18-6-3-12-7-16(4-5-17(12)18)27-11-20(30,21(24,25)26)13-8-14(22)10-15(23)9-13/h4-5,7-10,18,27,30H,2-3,6,11H2,1H3,(H,28,29)/t18-,20+/m0/s1. The molecule has 0 bridgehead atoms. The Labute approximate surface area is 189 Å². The first-order valence-corrected chi connectivity index (χ1v) is 11.0. The van der Waals surface area contributed by atoms with Crippen LogP contribution in [0.1, 0.15) is 42.5 Å². The number of amides is 1. The number of fused-ring (bicyclic) bond motifs is 1. The van der Waals surface area contributed by atoms with Crippen molar-refractivity contribution in [2.24, 2.45) is 0 Å². The van der Waals surface area contributed by atoms with Crippen molar-refractivity contribution in [1.29, 1.82) is 0 Å². The fraction of sp³-hybridized carbons (Fsp3) is 0.381. The minimum Gasteiger partial charge on any atom is -0.381 e. The molecule has 162 valence electrons. The first-order valence-electron chi connectivity index (χ1n) is 9.45. The smallest absolute Gasteiger partial charge is 0.381 e. The number of benzene rings is 2. The summed E-state index contributed by atoms with van der Waals surface area (Å²) in [7, 11) is 0. The maximum Gasteiger partial charge on any atom is 0.423 e. The summed E-state index contributed by atoms with van der Waals surface area (Å²) in [6, 6.07) is 9.29. The number of carbonyl (C=O) groups is 1. The molecule has 0 fully saturated rings. The van der Waals surface area contributed by atoms with Crippen molar-refractivity contribution < 1.29 is 23.1 Å². The molecule has 0 spiro atoms. The molecule has 1 amide bonds. The van der Waals surface area contributed by atoms with E-state index in [9.17, 15) is 23.1 Å². The largest absolute Gasteiger partial charge is 0.423 e. The van der Waals surface area contributed by atoms with Gasteiger partial charge in [0.25, 0.3) is 0 Å². The van der Waals surface area contributed by atoms with Crippen molar-refractivity contribution in [3.8, 4) is 0 Å². The van der Waals surface area contributed by atoms with E-state index in [2.05, 4.69) is 42.5 Å². The number of aryl methyl sites for hydroxylation is 1. The van der Waals surface area contributed by atoms with E-state index in [4.69, 9.17) is 0 Å². The van der Waals surface area contributed by atoms with Crippen LogP contribution in [0.2, 0.25) is 0 Å². The summed E-state index contributed by atoms with van der Waals surface area (Å²) in [4.78, 5) is 11.7. The van der Waals surface area contributed by atoms with Gasteiger partial charge in [0.1, 0.15) is 0 Å². The lowest BCUT2D eigenvalue weighted by Gasteiger charge is -2.32. The Morgan fingerprint density at radius 2 is 1.83 bits per heavy atom. The molecule has 3 N–H and O–H groups in total. The highest BCUT2D eigenvalue weighted by Gasteiger charge is 2.55. The van der Waals surface area contributed by atoms with Crippen molar-refractivity contribution in [2.45, 2.75) is 44.0 Å². The lowest BCUT2D eigenvalue weighted by atomic mass is 9.92. The van der Waals surface area contributed by atoms with Crippen LogP contribution in [-0.2, 0) is 16.8 Å². The quantitative estimate of drug-likeness (QED) is 0.440. The highest BCUT2D eigenvalue weighted by Crippen LogP contribution is 2.41. The molecule has 1 aliphatic rings. The normalized spacial score (nSPS) is 17.9. The van der Waals surface area contributed by atoms with Gasteiger partial charge in [-0.05, 0) is 59.9 Å². The molecule has 1 aliphatic carbocycles. The lowest BCUT2D eigenvalue weighted by Crippen LogP contribution is -2.47. The molecule has 9 heteroatoms. The average Bonchev–Trinajstić information content (AvgIpc) is 3.06. The van der Waals surface area contributed by atoms with Crippen LogP contribution in [0.25, 0.3) is 0 Å². The Balaban J connectivity index is 1.81. The second-order valence-corrected chi connectivity index (χ2v) is 9.13. The van der Waals surface area contributed by atoms with E-state index in [0.717, 1.165) is 24.0 Å². The molecular formula is C21H21Br2F3N2O2. The van der Waals surface area contributed by atoms with E-state index in [1.165, 1.54) is 12.1 Å². The maximum absolute atomic E-state index is 13.8. The number of rotatable bonds is 6. The van der Waals surface area contributed by atoms with Crippen molar-refractivity contribution in [3.05, 3.63) is 62.0 Å². The molecule has 0 saturated heterocycles. The third-order valence-electron chi connectivity index (χ3n) is 5.23. The third-order valence-corrected chi connectivity index (χ3v) is 6.15. The Bertz CT molecular complexity index is 932. The summed E-state index contributed by atoms with van der Waals surface area (Å²) in [5.41, 5.74) is -0.914. The second kappa shape index (κ2) is 8.88.